The zero-order chi connectivity index (χ0) is 17.2. The molecule has 4 nitrogen and oxygen atoms in total. The average Bonchev–Trinajstić information content (AvgIpc) is 2.67. The Morgan fingerprint density at radius 3 is 2.56 bits per heavy atom. The van der Waals surface area contributed by atoms with Crippen LogP contribution in [0.2, 0.25) is 0 Å². The van der Waals surface area contributed by atoms with Crippen molar-refractivity contribution >= 4 is 10.9 Å². The quantitative estimate of drug-likeness (QED) is 0.554. The van der Waals surface area contributed by atoms with Crippen LogP contribution in [-0.4, -0.2) is 22.1 Å². The maximum atomic E-state index is 14.3. The number of ether oxygens (including phenoxy) is 1. The van der Waals surface area contributed by atoms with E-state index in [0.717, 1.165) is 10.9 Å². The van der Waals surface area contributed by atoms with Gasteiger partial charge in [0.1, 0.15) is 17.3 Å². The maximum Gasteiger partial charge on any atom is 0.178 e. The van der Waals surface area contributed by atoms with E-state index < -0.39 is 0 Å². The first kappa shape index (κ1) is 15.2. The highest BCUT2D eigenvalue weighted by molar-refractivity contribution is 5.79. The second-order valence-corrected chi connectivity index (χ2v) is 5.51. The lowest BCUT2D eigenvalue weighted by Crippen LogP contribution is -1.95. The third kappa shape index (κ3) is 2.92. The van der Waals surface area contributed by atoms with E-state index in [1.54, 1.807) is 24.4 Å². The second kappa shape index (κ2) is 6.28. The van der Waals surface area contributed by atoms with Gasteiger partial charge in [0, 0.05) is 23.2 Å². The highest BCUT2D eigenvalue weighted by atomic mass is 19.1. The van der Waals surface area contributed by atoms with Crippen molar-refractivity contribution in [3.8, 4) is 28.5 Å². The third-order valence-electron chi connectivity index (χ3n) is 3.92. The van der Waals surface area contributed by atoms with Crippen LogP contribution in [0.25, 0.3) is 33.7 Å². The summed E-state index contributed by atoms with van der Waals surface area (Å²) < 4.78 is 19.4. The monoisotopic (exact) mass is 331 g/mol. The molecule has 0 fully saturated rings. The zero-order valence-corrected chi connectivity index (χ0v) is 13.5. The van der Waals surface area contributed by atoms with Crippen molar-refractivity contribution in [2.45, 2.75) is 0 Å². The Morgan fingerprint density at radius 2 is 1.72 bits per heavy atom. The lowest BCUT2D eigenvalue weighted by Gasteiger charge is -2.07. The third-order valence-corrected chi connectivity index (χ3v) is 3.92. The molecule has 0 bridgehead atoms. The number of aromatic nitrogens is 3. The summed E-state index contributed by atoms with van der Waals surface area (Å²) in [5.41, 5.74) is 2.37. The summed E-state index contributed by atoms with van der Waals surface area (Å²) in [6, 6.07) is 17.8. The lowest BCUT2D eigenvalue weighted by molar-refractivity contribution is 0.411. The van der Waals surface area contributed by atoms with E-state index in [-0.39, 0.29) is 5.82 Å². The summed E-state index contributed by atoms with van der Waals surface area (Å²) in [6.07, 6.45) is 1.76. The van der Waals surface area contributed by atoms with Gasteiger partial charge >= 0.3 is 0 Å². The van der Waals surface area contributed by atoms with Crippen LogP contribution in [0, 0.1) is 5.82 Å². The molecule has 4 rings (SSSR count). The molecule has 122 valence electrons. The van der Waals surface area contributed by atoms with Gasteiger partial charge in [0.05, 0.1) is 18.3 Å². The zero-order valence-electron chi connectivity index (χ0n) is 13.5. The van der Waals surface area contributed by atoms with Gasteiger partial charge in [-0.3, -0.25) is 0 Å². The molecular weight excluding hydrogens is 317 g/mol. The van der Waals surface area contributed by atoms with E-state index in [2.05, 4.69) is 15.0 Å². The Balaban J connectivity index is 1.78. The Hall–Kier alpha value is -3.34. The molecule has 0 unspecified atom stereocenters. The number of rotatable bonds is 3. The van der Waals surface area contributed by atoms with Gasteiger partial charge in [-0.1, -0.05) is 24.3 Å². The Kier molecular flexibility index (Phi) is 3.82. The van der Waals surface area contributed by atoms with Crippen molar-refractivity contribution in [3.63, 3.8) is 0 Å². The highest BCUT2D eigenvalue weighted by Gasteiger charge is 2.11. The predicted octanol–water partition coefficient (Wildman–Crippen LogP) is 4.51. The molecule has 0 spiro atoms. The average molecular weight is 331 g/mol. The Morgan fingerprint density at radius 1 is 0.880 bits per heavy atom. The van der Waals surface area contributed by atoms with Crippen LogP contribution in [0.3, 0.4) is 0 Å². The number of benzene rings is 2. The summed E-state index contributed by atoms with van der Waals surface area (Å²) in [4.78, 5) is 13.4. The van der Waals surface area contributed by atoms with Crippen LogP contribution < -0.4 is 4.74 Å². The first-order valence-electron chi connectivity index (χ1n) is 7.78. The Bertz CT molecular complexity index is 1070. The fourth-order valence-electron chi connectivity index (χ4n) is 2.64. The molecule has 4 aromatic rings. The van der Waals surface area contributed by atoms with Crippen molar-refractivity contribution in [1.29, 1.82) is 0 Å². The van der Waals surface area contributed by atoms with Gasteiger partial charge in [-0.2, -0.15) is 0 Å². The summed E-state index contributed by atoms with van der Waals surface area (Å²) >= 11 is 0. The molecule has 2 aromatic heterocycles. The van der Waals surface area contributed by atoms with Gasteiger partial charge in [-0.05, 0) is 30.3 Å². The molecule has 5 heteroatoms. The van der Waals surface area contributed by atoms with Crippen molar-refractivity contribution in [2.24, 2.45) is 0 Å². The first-order chi connectivity index (χ1) is 12.2. The van der Waals surface area contributed by atoms with Gasteiger partial charge in [-0.15, -0.1) is 0 Å². The number of pyridine rings is 1. The molecule has 0 atom stereocenters. The summed E-state index contributed by atoms with van der Waals surface area (Å²) in [6.45, 7) is 0. The molecule has 0 radical (unpaired) electrons. The fourth-order valence-corrected chi connectivity index (χ4v) is 2.64. The van der Waals surface area contributed by atoms with Crippen molar-refractivity contribution in [2.75, 3.05) is 7.11 Å². The van der Waals surface area contributed by atoms with E-state index in [9.17, 15) is 4.39 Å². The Labute approximate surface area is 144 Å². The minimum atomic E-state index is -0.386. The van der Waals surface area contributed by atoms with E-state index in [1.807, 2.05) is 36.4 Å². The standard InChI is InChI=1S/C20H14FN3O/c1-25-14-9-10-15(16(21)11-14)18-7-4-8-19(23-18)20-22-12-13-5-2-3-6-17(13)24-20/h2-12H,1H3. The molecule has 0 aliphatic carbocycles. The number of methoxy groups -OCH3 is 1. The summed E-state index contributed by atoms with van der Waals surface area (Å²) in [5, 5.41) is 0.962. The lowest BCUT2D eigenvalue weighted by atomic mass is 10.1. The minimum absolute atomic E-state index is 0.386. The van der Waals surface area contributed by atoms with Gasteiger partial charge in [0.25, 0.3) is 0 Å². The fraction of sp³-hybridized carbons (Fsp3) is 0.0500. The normalized spacial score (nSPS) is 10.8. The van der Waals surface area contributed by atoms with Crippen LogP contribution in [0.4, 0.5) is 4.39 Å². The first-order valence-corrected chi connectivity index (χ1v) is 7.78. The smallest absolute Gasteiger partial charge is 0.178 e. The number of hydrogen-bond acceptors (Lipinski definition) is 4. The van der Waals surface area contributed by atoms with Gasteiger partial charge in [0.2, 0.25) is 0 Å². The second-order valence-electron chi connectivity index (χ2n) is 5.51. The highest BCUT2D eigenvalue weighted by Crippen LogP contribution is 2.26. The van der Waals surface area contributed by atoms with E-state index in [1.165, 1.54) is 13.2 Å². The molecule has 25 heavy (non-hydrogen) atoms. The van der Waals surface area contributed by atoms with Crippen LogP contribution >= 0.6 is 0 Å². The van der Waals surface area contributed by atoms with Crippen molar-refractivity contribution in [3.05, 3.63) is 72.7 Å². The molecule has 0 saturated carbocycles. The van der Waals surface area contributed by atoms with Crippen LogP contribution in [0.1, 0.15) is 0 Å². The number of hydrogen-bond donors (Lipinski definition) is 0. The summed E-state index contributed by atoms with van der Waals surface area (Å²) in [7, 11) is 1.50. The van der Waals surface area contributed by atoms with Crippen LogP contribution in [0.15, 0.2) is 66.9 Å². The predicted molar refractivity (Wildman–Crippen MR) is 94.7 cm³/mol. The van der Waals surface area contributed by atoms with E-state index in [4.69, 9.17) is 4.74 Å². The number of nitrogens with zero attached hydrogens (tertiary/aromatic N) is 3. The topological polar surface area (TPSA) is 47.9 Å². The molecule has 0 aliphatic heterocycles. The molecule has 0 saturated heterocycles. The van der Waals surface area contributed by atoms with Crippen LogP contribution in [0.5, 0.6) is 5.75 Å². The van der Waals surface area contributed by atoms with Gasteiger partial charge in [-0.25, -0.2) is 19.3 Å². The van der Waals surface area contributed by atoms with E-state index in [0.29, 0.717) is 28.5 Å². The SMILES string of the molecule is COc1ccc(-c2cccc(-c3ncc4ccccc4n3)n2)c(F)c1. The van der Waals surface area contributed by atoms with E-state index >= 15 is 0 Å². The van der Waals surface area contributed by atoms with Gasteiger partial charge < -0.3 is 4.74 Å². The molecule has 2 aromatic carbocycles. The largest absolute Gasteiger partial charge is 0.497 e. The molecule has 2 heterocycles. The molecular formula is C20H14FN3O. The number of halogens is 1. The minimum Gasteiger partial charge on any atom is -0.497 e. The number of fused-ring (bicyclic) bond motifs is 1. The maximum absolute atomic E-state index is 14.3. The molecule has 0 aliphatic rings. The number of para-hydroxylation sites is 1. The van der Waals surface area contributed by atoms with Crippen molar-refractivity contribution in [1.82, 2.24) is 15.0 Å². The van der Waals surface area contributed by atoms with Crippen LogP contribution in [-0.2, 0) is 0 Å². The van der Waals surface area contributed by atoms with Gasteiger partial charge in [0.15, 0.2) is 5.82 Å². The molecule has 0 amide bonds. The summed E-state index contributed by atoms with van der Waals surface area (Å²) in [5.74, 6) is 0.591. The molecule has 0 N–H and O–H groups in total. The van der Waals surface area contributed by atoms with Crippen molar-refractivity contribution < 1.29 is 9.13 Å².